The number of carbonyl (C=O) groups is 4. The molecule has 132 heavy (non-hydrogen) atoms. The molecule has 0 bridgehead atoms. The number of nitrogens with two attached hydrogens (primary N) is 4. The minimum Gasteiger partial charge on any atom is -0.508 e. The third kappa shape index (κ3) is 29.8. The first-order valence-corrected chi connectivity index (χ1v) is 44.2. The van der Waals surface area contributed by atoms with Crippen LogP contribution in [0.4, 0.5) is 54.8 Å². The Balaban J connectivity index is 0.000000215. The maximum absolute atomic E-state index is 13.8. The summed E-state index contributed by atoms with van der Waals surface area (Å²) in [4.78, 5) is 96.7. The second-order valence-corrected chi connectivity index (χ2v) is 31.9. The second-order valence-electron chi connectivity index (χ2n) is 31.9. The van der Waals surface area contributed by atoms with Crippen LogP contribution in [0.25, 0.3) is 21.5 Å². The van der Waals surface area contributed by atoms with Crippen LogP contribution < -0.4 is 52.0 Å². The minimum absolute atomic E-state index is 0.0116. The minimum atomic E-state index is -0.439. The van der Waals surface area contributed by atoms with Crippen LogP contribution in [0.1, 0.15) is 114 Å². The summed E-state index contributed by atoms with van der Waals surface area (Å²) in [5, 5.41) is 43.9. The molecule has 14 rings (SSSR count). The summed E-state index contributed by atoms with van der Waals surface area (Å²) in [6.45, 7) is 45.3. The van der Waals surface area contributed by atoms with Gasteiger partial charge in [0.25, 0.3) is 0 Å². The molecule has 6 aromatic carbocycles. The van der Waals surface area contributed by atoms with Gasteiger partial charge in [-0.1, -0.05) is 80.9 Å². The number of aromatic nitrogens is 8. The molecule has 0 saturated heterocycles. The number of aromatic hydroxyl groups is 4. The number of likely N-dealkylation sites (N-methyl/N-ethyl adjacent to an activating group) is 6. The topological polar surface area (TPSA) is 407 Å². The number of fused-ring (bicyclic) bond motifs is 6. The molecule has 4 amide bonds. The van der Waals surface area contributed by atoms with Gasteiger partial charge in [-0.25, -0.2) is 28.7 Å². The van der Waals surface area contributed by atoms with Crippen molar-refractivity contribution in [2.24, 2.45) is 0 Å². The highest BCUT2D eigenvalue weighted by molar-refractivity contribution is 5.97. The van der Waals surface area contributed by atoms with E-state index < -0.39 is 5.82 Å². The fourth-order valence-electron chi connectivity index (χ4n) is 15.0. The molecular weight excluding hydrogens is 1680 g/mol. The lowest BCUT2D eigenvalue weighted by Crippen LogP contribution is -2.35. The highest BCUT2D eigenvalue weighted by Crippen LogP contribution is 2.39. The normalized spacial score (nSPS) is 12.6. The van der Waals surface area contributed by atoms with Crippen molar-refractivity contribution < 1.29 is 57.9 Å². The molecule has 0 atom stereocenters. The summed E-state index contributed by atoms with van der Waals surface area (Å²) in [6, 6.07) is 32.8. The number of phenols is 4. The van der Waals surface area contributed by atoms with Crippen molar-refractivity contribution in [1.29, 1.82) is 0 Å². The van der Waals surface area contributed by atoms with Gasteiger partial charge in [0.1, 0.15) is 89.5 Å². The molecule has 4 aliphatic rings. The Morgan fingerprint density at radius 3 is 1.14 bits per heavy atom. The number of nitrogens with zero attached hydrogens (tertiary/aromatic N) is 18. The molecule has 32 nitrogen and oxygen atoms in total. The monoisotopic (exact) mass is 1820 g/mol. The number of halogens is 2. The van der Waals surface area contributed by atoms with Crippen molar-refractivity contribution in [3.8, 4) is 35.0 Å². The molecule has 0 radical (unpaired) electrons. The third-order valence-electron chi connectivity index (χ3n) is 22.0. The van der Waals surface area contributed by atoms with Crippen molar-refractivity contribution in [2.45, 2.75) is 133 Å². The SMILES string of the molecule is C=CC(=O)N(CC)C(C)C.C=CC(=O)N(CC)C(C)C.C=CC(=O)N(CC)CC.C=CC(=O)N(CC)CC.CN(C)CCOc1nc(N)c2c(n1)CN(c1cc(O)cc3ccccc13)CC2.CN(C)CCOc1nc(N)c2c(n1)CN(c1cc(O)cc3ccccc13)CC2.Nc1ncnc2c1CCN(c1c(O)cccc1F)C2.Nc1ncnc2c1CCN(c1cc(O)ccc1F)C2. The van der Waals surface area contributed by atoms with Crippen molar-refractivity contribution in [1.82, 2.24) is 69.3 Å². The lowest BCUT2D eigenvalue weighted by molar-refractivity contribution is -0.128. The first-order valence-electron chi connectivity index (χ1n) is 44.2. The van der Waals surface area contributed by atoms with Crippen LogP contribution in [-0.4, -0.2) is 245 Å². The molecule has 4 aromatic heterocycles. The molecule has 4 aliphatic heterocycles. The Morgan fingerprint density at radius 1 is 0.424 bits per heavy atom. The highest BCUT2D eigenvalue weighted by Gasteiger charge is 2.29. The van der Waals surface area contributed by atoms with Gasteiger partial charge in [0.2, 0.25) is 23.6 Å². The maximum Gasteiger partial charge on any atom is 0.318 e. The van der Waals surface area contributed by atoms with E-state index >= 15 is 0 Å². The quantitative estimate of drug-likeness (QED) is 0.0260. The maximum atomic E-state index is 13.8. The Labute approximate surface area is 774 Å². The number of hydrogen-bond donors (Lipinski definition) is 8. The average molecular weight is 1820 g/mol. The van der Waals surface area contributed by atoms with Gasteiger partial charge in [0.15, 0.2) is 0 Å². The molecule has 0 fully saturated rings. The van der Waals surface area contributed by atoms with E-state index in [4.69, 9.17) is 32.4 Å². The first kappa shape index (κ1) is 105. The number of hydrogen-bond acceptors (Lipinski definition) is 28. The lowest BCUT2D eigenvalue weighted by Gasteiger charge is -2.31. The smallest absolute Gasteiger partial charge is 0.318 e. The molecule has 12 N–H and O–H groups in total. The van der Waals surface area contributed by atoms with Gasteiger partial charge in [-0.15, -0.1) is 0 Å². The molecule has 0 aliphatic carbocycles. The summed E-state index contributed by atoms with van der Waals surface area (Å²) in [5.41, 5.74) is 33.7. The molecule has 34 heteroatoms. The van der Waals surface area contributed by atoms with Gasteiger partial charge < -0.3 is 102 Å². The van der Waals surface area contributed by atoms with Gasteiger partial charge in [-0.3, -0.25) is 19.2 Å². The Kier molecular flexibility index (Phi) is 41.4. The van der Waals surface area contributed by atoms with E-state index in [1.54, 1.807) is 36.6 Å². The fourth-order valence-corrected chi connectivity index (χ4v) is 15.0. The number of amides is 4. The number of nitrogen functional groups attached to an aromatic ring is 4. The number of anilines is 8. The number of benzene rings is 6. The van der Waals surface area contributed by atoms with Crippen molar-refractivity contribution in [2.75, 3.05) is 162 Å². The predicted octanol–water partition coefficient (Wildman–Crippen LogP) is 12.7. The van der Waals surface area contributed by atoms with Crippen molar-refractivity contribution in [3.63, 3.8) is 0 Å². The standard InChI is InChI=1S/2C21H25N5O2.2C13H13FN4O.2C8H15NO.2C7H13NO/c2*1-25(2)9-10-28-21-23-18-13-26(8-7-17(18)20(22)24-21)19-12-15(27)11-14-5-3-4-6-16(14)19;14-10-2-1-8(19)5-12(10)18-4-3-9-11(6-18)16-7-17-13(9)15;14-9-2-1-3-11(19)12(9)18-5-4-8-10(6-18)16-7-17-13(8)15;2*1-5-8(10)9(6-2)7(3)4;2*1-4-7(9)8(5-2)6-3/h2*3-6,11-12,27H,7-10,13H2,1-2H3,(H2,22,23,24);1-2,5,7,19H,3-4,6H2,(H2,15,16,17);1-3,7,19H,4-6H2,(H2,15,16,17);2*5,7H,1,6H2,2-4H3;2*4H,1,5-6H2,2-3H3. The lowest BCUT2D eigenvalue weighted by atomic mass is 10.0. The molecule has 10 aromatic rings. The summed E-state index contributed by atoms with van der Waals surface area (Å²) in [5.74, 6) is 1.70. The van der Waals surface area contributed by atoms with E-state index in [0.717, 1.165) is 156 Å². The zero-order chi connectivity index (χ0) is 97.0. The molecule has 0 unspecified atom stereocenters. The van der Waals surface area contributed by atoms with Crippen LogP contribution in [0, 0.1) is 11.6 Å². The molecule has 0 saturated carbocycles. The van der Waals surface area contributed by atoms with Crippen LogP contribution in [0.5, 0.6) is 35.0 Å². The highest BCUT2D eigenvalue weighted by atomic mass is 19.1. The zero-order valence-electron chi connectivity index (χ0n) is 78.7. The van der Waals surface area contributed by atoms with Gasteiger partial charge in [-0.2, -0.15) is 19.9 Å². The fraction of sp³-hybridized carbons (Fsp3) is 0.388. The van der Waals surface area contributed by atoms with E-state index in [2.05, 4.69) is 88.1 Å². The van der Waals surface area contributed by atoms with Gasteiger partial charge >= 0.3 is 12.0 Å². The molecule has 708 valence electrons. The van der Waals surface area contributed by atoms with Crippen LogP contribution in [0.2, 0.25) is 0 Å². The number of phenolic OH excluding ortho intramolecular Hbond substituents is 4. The third-order valence-corrected chi connectivity index (χ3v) is 22.0. The first-order chi connectivity index (χ1) is 63.1. The van der Waals surface area contributed by atoms with Crippen LogP contribution >= 0.6 is 0 Å². The average Bonchev–Trinajstić information content (AvgIpc) is 0.779. The van der Waals surface area contributed by atoms with E-state index in [-0.39, 0.29) is 70.2 Å². The van der Waals surface area contributed by atoms with Gasteiger partial charge in [0, 0.05) is 153 Å². The molecular formula is C98H132F2N22O10. The van der Waals surface area contributed by atoms with E-state index in [1.807, 2.05) is 161 Å². The zero-order valence-corrected chi connectivity index (χ0v) is 78.7. The summed E-state index contributed by atoms with van der Waals surface area (Å²) in [7, 11) is 7.96. The van der Waals surface area contributed by atoms with E-state index in [9.17, 15) is 48.4 Å². The van der Waals surface area contributed by atoms with Crippen molar-refractivity contribution >= 4 is 91.2 Å². The molecule has 8 heterocycles. The van der Waals surface area contributed by atoms with Crippen molar-refractivity contribution in [3.05, 3.63) is 229 Å². The molecule has 0 spiro atoms. The van der Waals surface area contributed by atoms with Crippen LogP contribution in [0.15, 0.2) is 172 Å². The Morgan fingerprint density at radius 2 is 0.788 bits per heavy atom. The van der Waals surface area contributed by atoms with Gasteiger partial charge in [-0.05, 0) is 195 Å². The Hall–Kier alpha value is -14.0. The number of carbonyl (C=O) groups excluding carboxylic acids is 4. The van der Waals surface area contributed by atoms with Crippen LogP contribution in [0.3, 0.4) is 0 Å². The van der Waals surface area contributed by atoms with E-state index in [1.165, 1.54) is 73.4 Å². The van der Waals surface area contributed by atoms with Gasteiger partial charge in [0.05, 0.1) is 54.6 Å². The second kappa shape index (κ2) is 52.0. The Bertz CT molecular complexity index is 5280. The summed E-state index contributed by atoms with van der Waals surface area (Å²) < 4.78 is 39.0. The predicted molar refractivity (Wildman–Crippen MR) is 522 cm³/mol. The summed E-state index contributed by atoms with van der Waals surface area (Å²) in [6.07, 6.45) is 11.0. The van der Waals surface area contributed by atoms with Crippen LogP contribution in [-0.2, 0) is 71.0 Å². The largest absolute Gasteiger partial charge is 0.508 e. The number of ether oxygens (including phenoxy) is 2. The summed E-state index contributed by atoms with van der Waals surface area (Å²) >= 11 is 0. The number of rotatable bonds is 24. The van der Waals surface area contributed by atoms with E-state index in [0.29, 0.717) is 106 Å². The number of para-hydroxylation sites is 1.